The summed E-state index contributed by atoms with van der Waals surface area (Å²) in [5.41, 5.74) is 4.55. The molecule has 0 aromatic carbocycles. The molecule has 1 atom stereocenters. The molecule has 0 heterocycles. The van der Waals surface area contributed by atoms with Gasteiger partial charge in [-0.05, 0) is 6.92 Å². The third kappa shape index (κ3) is 9.04. The molecule has 0 fully saturated rings. The van der Waals surface area contributed by atoms with Gasteiger partial charge in [-0.25, -0.2) is 0 Å². The van der Waals surface area contributed by atoms with Crippen molar-refractivity contribution in [2.75, 3.05) is 7.11 Å². The molecule has 0 saturated carbocycles. The molecule has 4 nitrogen and oxygen atoms in total. The quantitative estimate of drug-likeness (QED) is 0.393. The van der Waals surface area contributed by atoms with E-state index >= 15 is 0 Å². The number of nitrogens with two attached hydrogens (primary N) is 1. The first-order valence-corrected chi connectivity index (χ1v) is 2.06. The van der Waals surface area contributed by atoms with Gasteiger partial charge in [0.2, 0.25) is 5.91 Å². The van der Waals surface area contributed by atoms with Gasteiger partial charge in [0.05, 0.1) is 0 Å². The van der Waals surface area contributed by atoms with E-state index in [9.17, 15) is 4.79 Å². The largest absolute Gasteiger partial charge is 0.400 e. The summed E-state index contributed by atoms with van der Waals surface area (Å²) in [7, 11) is 1.00. The van der Waals surface area contributed by atoms with Gasteiger partial charge >= 0.3 is 0 Å². The van der Waals surface area contributed by atoms with Crippen LogP contribution in [-0.4, -0.2) is 29.3 Å². The van der Waals surface area contributed by atoms with Crippen LogP contribution in [0.5, 0.6) is 0 Å². The number of hydrogen-bond donors (Lipinski definition) is 3. The molecule has 1 unspecified atom stereocenters. The first-order chi connectivity index (χ1) is 3.64. The SMILES string of the molecule is CC(O)C(N)=O.CO. The van der Waals surface area contributed by atoms with E-state index < -0.39 is 12.0 Å². The van der Waals surface area contributed by atoms with E-state index in [-0.39, 0.29) is 0 Å². The summed E-state index contributed by atoms with van der Waals surface area (Å²) < 4.78 is 0. The minimum absolute atomic E-state index is 0.685. The predicted octanol–water partition coefficient (Wildman–Crippen LogP) is -1.54. The van der Waals surface area contributed by atoms with Crippen molar-refractivity contribution in [3.63, 3.8) is 0 Å². The van der Waals surface area contributed by atoms with Gasteiger partial charge < -0.3 is 15.9 Å². The van der Waals surface area contributed by atoms with Crippen LogP contribution >= 0.6 is 0 Å². The van der Waals surface area contributed by atoms with E-state index in [1.165, 1.54) is 6.92 Å². The van der Waals surface area contributed by atoms with Gasteiger partial charge in [-0.2, -0.15) is 0 Å². The molecule has 0 radical (unpaired) electrons. The topological polar surface area (TPSA) is 83.5 Å². The van der Waals surface area contributed by atoms with Crippen molar-refractivity contribution in [2.45, 2.75) is 13.0 Å². The lowest BCUT2D eigenvalue weighted by Gasteiger charge is -1.90. The average molecular weight is 121 g/mol. The molecule has 0 aliphatic carbocycles. The Labute approximate surface area is 47.9 Å². The molecule has 0 aromatic rings. The van der Waals surface area contributed by atoms with Crippen LogP contribution in [0.25, 0.3) is 0 Å². The van der Waals surface area contributed by atoms with E-state index in [4.69, 9.17) is 10.2 Å². The zero-order chi connectivity index (χ0) is 7.15. The number of hydrogen-bond acceptors (Lipinski definition) is 3. The Balaban J connectivity index is 0. The number of carbonyl (C=O) groups excluding carboxylic acids is 1. The molecule has 0 saturated heterocycles. The second kappa shape index (κ2) is 6.39. The molecule has 0 bridgehead atoms. The zero-order valence-corrected chi connectivity index (χ0v) is 4.96. The second-order valence-electron chi connectivity index (χ2n) is 1.08. The van der Waals surface area contributed by atoms with Gasteiger partial charge in [-0.15, -0.1) is 0 Å². The monoisotopic (exact) mass is 121 g/mol. The van der Waals surface area contributed by atoms with Crippen molar-refractivity contribution in [2.24, 2.45) is 5.73 Å². The predicted molar refractivity (Wildman–Crippen MR) is 29.0 cm³/mol. The fourth-order valence-corrected chi connectivity index (χ4v) is 0. The van der Waals surface area contributed by atoms with Crippen LogP contribution in [0.2, 0.25) is 0 Å². The maximum Gasteiger partial charge on any atom is 0.245 e. The Morgan fingerprint density at radius 2 is 1.75 bits per heavy atom. The molecule has 0 spiro atoms. The van der Waals surface area contributed by atoms with Gasteiger partial charge in [0, 0.05) is 7.11 Å². The summed E-state index contributed by atoms with van der Waals surface area (Å²) in [6.45, 7) is 1.32. The molecule has 0 aliphatic heterocycles. The second-order valence-corrected chi connectivity index (χ2v) is 1.08. The van der Waals surface area contributed by atoms with Crippen molar-refractivity contribution in [1.82, 2.24) is 0 Å². The van der Waals surface area contributed by atoms with Crippen LogP contribution in [-0.2, 0) is 4.79 Å². The van der Waals surface area contributed by atoms with E-state index in [1.807, 2.05) is 0 Å². The van der Waals surface area contributed by atoms with Gasteiger partial charge in [0.15, 0.2) is 0 Å². The molecule has 4 N–H and O–H groups in total. The standard InChI is InChI=1S/C3H7NO2.CH4O/c1-2(5)3(4)6;1-2/h2,5H,1H3,(H2,4,6);2H,1H3. The highest BCUT2D eigenvalue weighted by Gasteiger charge is 1.98. The molecule has 8 heavy (non-hydrogen) atoms. The summed E-state index contributed by atoms with van der Waals surface area (Å²) in [5.74, 6) is -0.685. The minimum Gasteiger partial charge on any atom is -0.400 e. The molecule has 0 rings (SSSR count). The van der Waals surface area contributed by atoms with E-state index in [0.717, 1.165) is 7.11 Å². The van der Waals surface area contributed by atoms with Crippen LogP contribution in [0.4, 0.5) is 0 Å². The summed E-state index contributed by atoms with van der Waals surface area (Å²) in [4.78, 5) is 9.67. The molecule has 0 aliphatic rings. The number of rotatable bonds is 1. The number of amides is 1. The highest BCUT2D eigenvalue weighted by atomic mass is 16.3. The normalized spacial score (nSPS) is 11.0. The van der Waals surface area contributed by atoms with Crippen molar-refractivity contribution < 1.29 is 15.0 Å². The lowest BCUT2D eigenvalue weighted by Crippen LogP contribution is -2.24. The zero-order valence-electron chi connectivity index (χ0n) is 4.96. The van der Waals surface area contributed by atoms with Crippen LogP contribution < -0.4 is 5.73 Å². The number of aliphatic hydroxyl groups excluding tert-OH is 2. The van der Waals surface area contributed by atoms with Gasteiger partial charge in [0.1, 0.15) is 6.10 Å². The fraction of sp³-hybridized carbons (Fsp3) is 0.750. The van der Waals surface area contributed by atoms with E-state index in [0.29, 0.717) is 0 Å². The summed E-state index contributed by atoms with van der Waals surface area (Å²) in [6, 6.07) is 0. The lowest BCUT2D eigenvalue weighted by atomic mass is 10.4. The van der Waals surface area contributed by atoms with E-state index in [2.05, 4.69) is 5.73 Å². The van der Waals surface area contributed by atoms with Crippen LogP contribution in [0.1, 0.15) is 6.92 Å². The molecule has 50 valence electrons. The van der Waals surface area contributed by atoms with Crippen LogP contribution in [0, 0.1) is 0 Å². The van der Waals surface area contributed by atoms with Crippen LogP contribution in [0.15, 0.2) is 0 Å². The maximum atomic E-state index is 9.67. The molecular weight excluding hydrogens is 110 g/mol. The summed E-state index contributed by atoms with van der Waals surface area (Å²) in [6.07, 6.45) is -1.01. The Morgan fingerprint density at radius 1 is 1.62 bits per heavy atom. The number of carbonyl (C=O) groups is 1. The van der Waals surface area contributed by atoms with Crippen molar-refractivity contribution in [3.8, 4) is 0 Å². The third-order valence-corrected chi connectivity index (χ3v) is 0.412. The Morgan fingerprint density at radius 3 is 1.75 bits per heavy atom. The number of aliphatic hydroxyl groups is 2. The van der Waals surface area contributed by atoms with E-state index in [1.54, 1.807) is 0 Å². The third-order valence-electron chi connectivity index (χ3n) is 0.412. The average Bonchev–Trinajstić information content (AvgIpc) is 1.72. The Hall–Kier alpha value is -0.610. The first kappa shape index (κ1) is 10.4. The lowest BCUT2D eigenvalue weighted by molar-refractivity contribution is -0.125. The minimum atomic E-state index is -1.01. The molecule has 1 amide bonds. The molecule has 4 heteroatoms. The smallest absolute Gasteiger partial charge is 0.245 e. The summed E-state index contributed by atoms with van der Waals surface area (Å²) >= 11 is 0. The van der Waals surface area contributed by atoms with Crippen molar-refractivity contribution in [3.05, 3.63) is 0 Å². The Bertz CT molecular complexity index is 62.3. The Kier molecular flexibility index (Phi) is 8.30. The molecular formula is C4H11NO3. The van der Waals surface area contributed by atoms with Crippen LogP contribution in [0.3, 0.4) is 0 Å². The van der Waals surface area contributed by atoms with Gasteiger partial charge in [-0.3, -0.25) is 4.79 Å². The van der Waals surface area contributed by atoms with Crippen molar-refractivity contribution >= 4 is 5.91 Å². The van der Waals surface area contributed by atoms with Gasteiger partial charge in [0.25, 0.3) is 0 Å². The van der Waals surface area contributed by atoms with Gasteiger partial charge in [-0.1, -0.05) is 0 Å². The summed E-state index contributed by atoms with van der Waals surface area (Å²) in [5, 5.41) is 15.2. The number of primary amides is 1. The molecule has 0 aromatic heterocycles. The maximum absolute atomic E-state index is 9.67. The highest BCUT2D eigenvalue weighted by molar-refractivity contribution is 5.77. The fourth-order valence-electron chi connectivity index (χ4n) is 0. The highest BCUT2D eigenvalue weighted by Crippen LogP contribution is 1.70. The first-order valence-electron chi connectivity index (χ1n) is 2.06. The van der Waals surface area contributed by atoms with Crippen molar-refractivity contribution in [1.29, 1.82) is 0 Å².